The second kappa shape index (κ2) is 12.0. The highest BCUT2D eigenvalue weighted by atomic mass is 16.4. The minimum Gasteiger partial charge on any atom is -0.480 e. The first-order valence-electron chi connectivity index (χ1n) is 9.17. The first-order chi connectivity index (χ1) is 13.3. The molecule has 4 amide bonds. The van der Waals surface area contributed by atoms with Gasteiger partial charge in [0.05, 0.1) is 12.5 Å². The Labute approximate surface area is 168 Å². The Morgan fingerprint density at radius 3 is 1.90 bits per heavy atom. The summed E-state index contributed by atoms with van der Waals surface area (Å²) in [6, 6.07) is -5.08. The highest BCUT2D eigenvalue weighted by Gasteiger charge is 2.33. The van der Waals surface area contributed by atoms with Gasteiger partial charge in [-0.25, -0.2) is 0 Å². The molecule has 0 bridgehead atoms. The fourth-order valence-electron chi connectivity index (χ4n) is 2.22. The van der Waals surface area contributed by atoms with E-state index < -0.39 is 66.3 Å². The van der Waals surface area contributed by atoms with Gasteiger partial charge in [-0.15, -0.1) is 0 Å². The molecule has 29 heavy (non-hydrogen) atoms. The highest BCUT2D eigenvalue weighted by Crippen LogP contribution is 2.09. The van der Waals surface area contributed by atoms with Gasteiger partial charge in [0.1, 0.15) is 24.2 Å². The Hall–Kier alpha value is -2.73. The molecule has 0 rings (SSSR count). The van der Waals surface area contributed by atoms with Crippen LogP contribution in [-0.2, 0) is 24.0 Å². The third-order valence-electron chi connectivity index (χ3n) is 4.38. The van der Waals surface area contributed by atoms with Crippen LogP contribution in [0.5, 0.6) is 0 Å². The van der Waals surface area contributed by atoms with Crippen LogP contribution >= 0.6 is 0 Å². The number of rotatable bonds is 12. The monoisotopic (exact) mass is 417 g/mol. The zero-order valence-corrected chi connectivity index (χ0v) is 17.0. The Morgan fingerprint density at radius 1 is 0.931 bits per heavy atom. The maximum atomic E-state index is 12.6. The average Bonchev–Trinajstić information content (AvgIpc) is 2.62. The highest BCUT2D eigenvalue weighted by molar-refractivity contribution is 5.96. The van der Waals surface area contributed by atoms with E-state index in [1.54, 1.807) is 13.8 Å². The number of aliphatic hydroxyl groups is 1. The molecule has 6 atom stereocenters. The van der Waals surface area contributed by atoms with Crippen LogP contribution in [0.2, 0.25) is 0 Å². The lowest BCUT2D eigenvalue weighted by atomic mass is 9.97. The zero-order chi connectivity index (χ0) is 22.9. The van der Waals surface area contributed by atoms with Crippen LogP contribution in [0.25, 0.3) is 0 Å². The molecule has 166 valence electrons. The smallest absolute Gasteiger partial charge is 0.325 e. The van der Waals surface area contributed by atoms with Crippen LogP contribution in [-0.4, -0.2) is 70.1 Å². The minimum absolute atomic E-state index is 0.385. The number of aliphatic hydroxyl groups excluding tert-OH is 1. The van der Waals surface area contributed by atoms with Crippen molar-refractivity contribution >= 4 is 29.6 Å². The standard InChI is InChI=1S/C17H31N5O7/c1-5-7(2)13(16(27)20-8(3)17(28)29)22-14(25)10(6-11(18)24)21-15(26)12(19)9(4)23/h7-10,12-13,23H,5-6,19H2,1-4H3,(H2,18,24)(H,20,27)(H,21,26)(H,22,25)(H,28,29). The van der Waals surface area contributed by atoms with Crippen molar-refractivity contribution in [1.29, 1.82) is 0 Å². The van der Waals surface area contributed by atoms with E-state index in [2.05, 4.69) is 16.0 Å². The normalized spacial score (nSPS) is 17.0. The van der Waals surface area contributed by atoms with E-state index >= 15 is 0 Å². The number of aliphatic carboxylic acids is 1. The Morgan fingerprint density at radius 2 is 1.48 bits per heavy atom. The number of hydrogen-bond acceptors (Lipinski definition) is 7. The van der Waals surface area contributed by atoms with Crippen LogP contribution in [0.15, 0.2) is 0 Å². The lowest BCUT2D eigenvalue weighted by Crippen LogP contribution is -2.59. The van der Waals surface area contributed by atoms with E-state index in [0.29, 0.717) is 6.42 Å². The maximum absolute atomic E-state index is 12.6. The molecule has 0 saturated carbocycles. The molecule has 0 aromatic heterocycles. The molecule has 0 saturated heterocycles. The van der Waals surface area contributed by atoms with Crippen LogP contribution in [0.3, 0.4) is 0 Å². The number of nitrogens with one attached hydrogen (secondary N) is 3. The lowest BCUT2D eigenvalue weighted by Gasteiger charge is -2.27. The number of carbonyl (C=O) groups is 5. The molecule has 0 fully saturated rings. The van der Waals surface area contributed by atoms with Gasteiger partial charge < -0.3 is 37.6 Å². The molecule has 0 heterocycles. The van der Waals surface area contributed by atoms with Gasteiger partial charge in [-0.3, -0.25) is 24.0 Å². The summed E-state index contributed by atoms with van der Waals surface area (Å²) in [5.41, 5.74) is 10.6. The summed E-state index contributed by atoms with van der Waals surface area (Å²) >= 11 is 0. The van der Waals surface area contributed by atoms with Crippen LogP contribution in [0.1, 0.15) is 40.5 Å². The van der Waals surface area contributed by atoms with Gasteiger partial charge in [-0.05, 0) is 19.8 Å². The predicted molar refractivity (Wildman–Crippen MR) is 102 cm³/mol. The van der Waals surface area contributed by atoms with Crippen molar-refractivity contribution in [3.05, 3.63) is 0 Å². The summed E-state index contributed by atoms with van der Waals surface area (Å²) in [6.45, 7) is 5.98. The largest absolute Gasteiger partial charge is 0.480 e. The Kier molecular flexibility index (Phi) is 10.8. The molecule has 12 nitrogen and oxygen atoms in total. The number of primary amides is 1. The van der Waals surface area contributed by atoms with Crippen molar-refractivity contribution in [3.8, 4) is 0 Å². The van der Waals surface area contributed by atoms with Crippen molar-refractivity contribution in [2.45, 2.75) is 70.8 Å². The lowest BCUT2D eigenvalue weighted by molar-refractivity contribution is -0.142. The van der Waals surface area contributed by atoms with Crippen molar-refractivity contribution in [3.63, 3.8) is 0 Å². The molecule has 6 unspecified atom stereocenters. The van der Waals surface area contributed by atoms with Gasteiger partial charge in [-0.1, -0.05) is 20.3 Å². The van der Waals surface area contributed by atoms with E-state index in [1.807, 2.05) is 0 Å². The van der Waals surface area contributed by atoms with Gasteiger partial charge in [0, 0.05) is 0 Å². The number of carboxylic acids is 1. The van der Waals surface area contributed by atoms with E-state index in [0.717, 1.165) is 0 Å². The van der Waals surface area contributed by atoms with Crippen LogP contribution in [0.4, 0.5) is 0 Å². The first-order valence-corrected chi connectivity index (χ1v) is 9.17. The fourth-order valence-corrected chi connectivity index (χ4v) is 2.22. The Bertz CT molecular complexity index is 625. The Balaban J connectivity index is 5.45. The third kappa shape index (κ3) is 8.87. The average molecular weight is 417 g/mol. The SMILES string of the molecule is CCC(C)C(NC(=O)C(CC(N)=O)NC(=O)C(N)C(C)O)C(=O)NC(C)C(=O)O. The summed E-state index contributed by atoms with van der Waals surface area (Å²) in [6.07, 6.45) is -1.30. The molecular formula is C17H31N5O7. The van der Waals surface area contributed by atoms with Crippen molar-refractivity contribution in [2.24, 2.45) is 17.4 Å². The number of hydrogen-bond donors (Lipinski definition) is 7. The molecule has 0 aromatic rings. The summed E-state index contributed by atoms with van der Waals surface area (Å²) in [5.74, 6) is -5.01. The zero-order valence-electron chi connectivity index (χ0n) is 17.0. The summed E-state index contributed by atoms with van der Waals surface area (Å²) in [4.78, 5) is 59.4. The number of carbonyl (C=O) groups excluding carboxylic acids is 4. The van der Waals surface area contributed by atoms with E-state index in [9.17, 15) is 29.1 Å². The molecule has 0 radical (unpaired) electrons. The van der Waals surface area contributed by atoms with Crippen LogP contribution < -0.4 is 27.4 Å². The van der Waals surface area contributed by atoms with Gasteiger partial charge in [0.15, 0.2) is 0 Å². The molecule has 0 aliphatic rings. The molecule has 0 aliphatic heterocycles. The van der Waals surface area contributed by atoms with E-state index in [1.165, 1.54) is 13.8 Å². The number of amides is 4. The maximum Gasteiger partial charge on any atom is 0.325 e. The molecule has 0 aromatic carbocycles. The molecule has 0 spiro atoms. The van der Waals surface area contributed by atoms with Crippen molar-refractivity contribution < 1.29 is 34.2 Å². The molecule has 12 heteroatoms. The number of nitrogens with two attached hydrogens (primary N) is 2. The van der Waals surface area contributed by atoms with Gasteiger partial charge in [0.25, 0.3) is 0 Å². The predicted octanol–water partition coefficient (Wildman–Crippen LogP) is -2.83. The molecule has 9 N–H and O–H groups in total. The fraction of sp³-hybridized carbons (Fsp3) is 0.706. The minimum atomic E-state index is -1.43. The summed E-state index contributed by atoms with van der Waals surface area (Å²) in [5, 5.41) is 25.3. The number of carboxylic acid groups (broad SMARTS) is 1. The van der Waals surface area contributed by atoms with Crippen LogP contribution in [0, 0.1) is 5.92 Å². The van der Waals surface area contributed by atoms with E-state index in [4.69, 9.17) is 16.6 Å². The molecular weight excluding hydrogens is 386 g/mol. The van der Waals surface area contributed by atoms with Gasteiger partial charge >= 0.3 is 5.97 Å². The van der Waals surface area contributed by atoms with Gasteiger partial charge in [0.2, 0.25) is 23.6 Å². The molecule has 0 aliphatic carbocycles. The third-order valence-corrected chi connectivity index (χ3v) is 4.38. The topological polar surface area (TPSA) is 214 Å². The summed E-state index contributed by atoms with van der Waals surface area (Å²) < 4.78 is 0. The van der Waals surface area contributed by atoms with E-state index in [-0.39, 0.29) is 5.92 Å². The van der Waals surface area contributed by atoms with Gasteiger partial charge in [-0.2, -0.15) is 0 Å². The summed E-state index contributed by atoms with van der Waals surface area (Å²) in [7, 11) is 0. The van der Waals surface area contributed by atoms with Crippen molar-refractivity contribution in [1.82, 2.24) is 16.0 Å². The van der Waals surface area contributed by atoms with Crippen molar-refractivity contribution in [2.75, 3.05) is 0 Å². The first kappa shape index (κ1) is 26.3. The second-order valence-electron chi connectivity index (χ2n) is 6.94. The second-order valence-corrected chi connectivity index (χ2v) is 6.94. The quantitative estimate of drug-likeness (QED) is 0.175.